The monoisotopic (exact) mass is 430 g/mol. The molecule has 1 aromatic heterocycles. The fraction of sp³-hybridized carbons (Fsp3) is 0.250. The minimum Gasteiger partial charge on any atom is -0.506 e. The lowest BCUT2D eigenvalue weighted by atomic mass is 10.2. The molecule has 1 fully saturated rings. The van der Waals surface area contributed by atoms with Crippen molar-refractivity contribution in [1.29, 1.82) is 0 Å². The molecule has 0 unspecified atom stereocenters. The summed E-state index contributed by atoms with van der Waals surface area (Å²) in [5, 5.41) is 19.0. The third kappa shape index (κ3) is 4.65. The third-order valence-electron chi connectivity index (χ3n) is 4.67. The Bertz CT molecular complexity index is 987. The predicted molar refractivity (Wildman–Crippen MR) is 112 cm³/mol. The lowest BCUT2D eigenvalue weighted by molar-refractivity contribution is -0.128. The maximum absolute atomic E-state index is 12.5. The van der Waals surface area contributed by atoms with E-state index in [0.717, 1.165) is 11.3 Å². The first-order valence-corrected chi connectivity index (χ1v) is 10.5. The largest absolute Gasteiger partial charge is 0.506 e. The van der Waals surface area contributed by atoms with E-state index in [-0.39, 0.29) is 17.4 Å². The number of hydrogen-bond donors (Lipinski definition) is 1. The number of thioether (sulfide) groups is 1. The molecule has 0 radical (unpaired) electrons. The van der Waals surface area contributed by atoms with E-state index in [2.05, 4.69) is 15.1 Å². The number of benzene rings is 2. The van der Waals surface area contributed by atoms with E-state index in [4.69, 9.17) is 16.0 Å². The maximum Gasteiger partial charge on any atom is 0.277 e. The Morgan fingerprint density at radius 2 is 1.79 bits per heavy atom. The highest BCUT2D eigenvalue weighted by atomic mass is 35.5. The second kappa shape index (κ2) is 8.75. The van der Waals surface area contributed by atoms with Gasteiger partial charge in [-0.3, -0.25) is 4.79 Å². The molecule has 0 spiro atoms. The molecular formula is C20H19ClN4O3S. The molecule has 1 N–H and O–H groups in total. The molecule has 2 heterocycles. The first-order valence-electron chi connectivity index (χ1n) is 9.13. The van der Waals surface area contributed by atoms with Gasteiger partial charge in [0, 0.05) is 36.8 Å². The standard InChI is InChI=1S/C20H19ClN4O3S/c21-15-7-5-14(6-8-15)19-22-23-20(28-19)29-13-18(27)25-11-9-24(10-12-25)16-3-1-2-4-17(16)26/h1-8,26H,9-13H2. The Morgan fingerprint density at radius 3 is 2.52 bits per heavy atom. The minimum atomic E-state index is 0.0261. The van der Waals surface area contributed by atoms with Crippen molar-refractivity contribution in [1.82, 2.24) is 15.1 Å². The van der Waals surface area contributed by atoms with Gasteiger partial charge in [0.1, 0.15) is 5.75 Å². The van der Waals surface area contributed by atoms with Gasteiger partial charge in [0.25, 0.3) is 5.22 Å². The highest BCUT2D eigenvalue weighted by Gasteiger charge is 2.23. The molecule has 0 atom stereocenters. The molecule has 0 bridgehead atoms. The smallest absolute Gasteiger partial charge is 0.277 e. The first kappa shape index (κ1) is 19.6. The van der Waals surface area contributed by atoms with Crippen LogP contribution < -0.4 is 4.90 Å². The van der Waals surface area contributed by atoms with Gasteiger partial charge in [-0.25, -0.2) is 0 Å². The van der Waals surface area contributed by atoms with Crippen LogP contribution in [0.4, 0.5) is 5.69 Å². The van der Waals surface area contributed by atoms with E-state index < -0.39 is 0 Å². The van der Waals surface area contributed by atoms with Crippen LogP contribution in [0.1, 0.15) is 0 Å². The van der Waals surface area contributed by atoms with Crippen LogP contribution in [0.5, 0.6) is 5.75 Å². The number of phenols is 1. The zero-order chi connectivity index (χ0) is 20.2. The molecule has 7 nitrogen and oxygen atoms in total. The van der Waals surface area contributed by atoms with Gasteiger partial charge in [-0.15, -0.1) is 10.2 Å². The Balaban J connectivity index is 1.29. The summed E-state index contributed by atoms with van der Waals surface area (Å²) in [5.41, 5.74) is 1.58. The molecular weight excluding hydrogens is 412 g/mol. The number of carbonyl (C=O) groups is 1. The molecule has 29 heavy (non-hydrogen) atoms. The lowest BCUT2D eigenvalue weighted by Gasteiger charge is -2.36. The average molecular weight is 431 g/mol. The third-order valence-corrected chi connectivity index (χ3v) is 5.73. The normalized spacial score (nSPS) is 14.2. The van der Waals surface area contributed by atoms with Crippen LogP contribution in [0.2, 0.25) is 5.02 Å². The fourth-order valence-electron chi connectivity index (χ4n) is 3.12. The van der Waals surface area contributed by atoms with Gasteiger partial charge in [-0.1, -0.05) is 35.5 Å². The summed E-state index contributed by atoms with van der Waals surface area (Å²) < 4.78 is 5.63. The van der Waals surface area contributed by atoms with Crippen molar-refractivity contribution in [2.45, 2.75) is 5.22 Å². The summed E-state index contributed by atoms with van der Waals surface area (Å²) in [5.74, 6) is 0.917. The Hall–Kier alpha value is -2.71. The number of rotatable bonds is 5. The number of piperazine rings is 1. The Morgan fingerprint density at radius 1 is 1.07 bits per heavy atom. The summed E-state index contributed by atoms with van der Waals surface area (Å²) in [6, 6.07) is 14.4. The molecule has 1 amide bonds. The number of anilines is 1. The average Bonchev–Trinajstić information content (AvgIpc) is 3.22. The molecule has 150 valence electrons. The number of aromatic hydroxyl groups is 1. The van der Waals surface area contributed by atoms with Gasteiger partial charge in [0.05, 0.1) is 11.4 Å². The summed E-state index contributed by atoms with van der Waals surface area (Å²) in [4.78, 5) is 16.4. The van der Waals surface area contributed by atoms with Crippen LogP contribution in [0, 0.1) is 0 Å². The van der Waals surface area contributed by atoms with Crippen molar-refractivity contribution in [2.24, 2.45) is 0 Å². The summed E-state index contributed by atoms with van der Waals surface area (Å²) in [6.07, 6.45) is 0. The number of aromatic nitrogens is 2. The van der Waals surface area contributed by atoms with Crippen molar-refractivity contribution in [2.75, 3.05) is 36.8 Å². The van der Waals surface area contributed by atoms with Crippen molar-refractivity contribution < 1.29 is 14.3 Å². The molecule has 9 heteroatoms. The van der Waals surface area contributed by atoms with Gasteiger partial charge >= 0.3 is 0 Å². The highest BCUT2D eigenvalue weighted by Crippen LogP contribution is 2.28. The number of halogens is 1. The Kier molecular flexibility index (Phi) is 5.92. The highest BCUT2D eigenvalue weighted by molar-refractivity contribution is 7.99. The zero-order valence-electron chi connectivity index (χ0n) is 15.5. The van der Waals surface area contributed by atoms with Gasteiger partial charge in [-0.05, 0) is 36.4 Å². The number of nitrogens with zero attached hydrogens (tertiary/aromatic N) is 4. The first-order chi connectivity index (χ1) is 14.1. The molecule has 0 saturated carbocycles. The van der Waals surface area contributed by atoms with Crippen LogP contribution in [0.3, 0.4) is 0 Å². The van der Waals surface area contributed by atoms with E-state index in [9.17, 15) is 9.90 Å². The SMILES string of the molecule is O=C(CSc1nnc(-c2ccc(Cl)cc2)o1)N1CCN(c2ccccc2O)CC1. The molecule has 0 aliphatic carbocycles. The van der Waals surface area contributed by atoms with Gasteiger partial charge in [0.15, 0.2) is 0 Å². The van der Waals surface area contributed by atoms with Crippen molar-refractivity contribution in [3.8, 4) is 17.2 Å². The van der Waals surface area contributed by atoms with Crippen LogP contribution in [-0.4, -0.2) is 58.0 Å². The maximum atomic E-state index is 12.5. The number of phenolic OH excluding ortho intramolecular Hbond substituents is 1. The van der Waals surface area contributed by atoms with Crippen molar-refractivity contribution >= 4 is 35.0 Å². The van der Waals surface area contributed by atoms with Crippen LogP contribution in [0.25, 0.3) is 11.5 Å². The van der Waals surface area contributed by atoms with E-state index in [1.807, 2.05) is 17.0 Å². The molecule has 1 saturated heterocycles. The van der Waals surface area contributed by atoms with Gasteiger partial charge in [-0.2, -0.15) is 0 Å². The Labute approximate surface area is 177 Å². The second-order valence-electron chi connectivity index (χ2n) is 6.53. The predicted octanol–water partition coefficient (Wildman–Crippen LogP) is 3.54. The minimum absolute atomic E-state index is 0.0261. The van der Waals surface area contributed by atoms with Crippen LogP contribution in [0.15, 0.2) is 58.2 Å². The molecule has 2 aromatic carbocycles. The molecule has 1 aliphatic rings. The molecule has 4 rings (SSSR count). The van der Waals surface area contributed by atoms with Crippen molar-refractivity contribution in [3.63, 3.8) is 0 Å². The number of carbonyl (C=O) groups excluding carboxylic acids is 1. The van der Waals surface area contributed by atoms with E-state index in [1.54, 1.807) is 36.4 Å². The topological polar surface area (TPSA) is 82.7 Å². The van der Waals surface area contributed by atoms with Crippen molar-refractivity contribution in [3.05, 3.63) is 53.6 Å². The second-order valence-corrected chi connectivity index (χ2v) is 7.89. The van der Waals surface area contributed by atoms with E-state index >= 15 is 0 Å². The van der Waals surface area contributed by atoms with Gasteiger partial charge in [0.2, 0.25) is 11.8 Å². The molecule has 3 aromatic rings. The number of para-hydroxylation sites is 2. The molecule has 1 aliphatic heterocycles. The summed E-state index contributed by atoms with van der Waals surface area (Å²) >= 11 is 7.12. The van der Waals surface area contributed by atoms with Crippen LogP contribution in [-0.2, 0) is 4.79 Å². The van der Waals surface area contributed by atoms with E-state index in [0.29, 0.717) is 42.3 Å². The zero-order valence-corrected chi connectivity index (χ0v) is 17.1. The van der Waals surface area contributed by atoms with Gasteiger partial charge < -0.3 is 19.3 Å². The number of hydrogen-bond acceptors (Lipinski definition) is 7. The fourth-order valence-corrected chi connectivity index (χ4v) is 3.91. The summed E-state index contributed by atoms with van der Waals surface area (Å²) in [7, 11) is 0. The summed E-state index contributed by atoms with van der Waals surface area (Å²) in [6.45, 7) is 2.56. The number of amides is 1. The quantitative estimate of drug-likeness (QED) is 0.620. The van der Waals surface area contributed by atoms with Crippen LogP contribution >= 0.6 is 23.4 Å². The lowest BCUT2D eigenvalue weighted by Crippen LogP contribution is -2.49. The van der Waals surface area contributed by atoms with E-state index in [1.165, 1.54) is 11.8 Å².